The summed E-state index contributed by atoms with van der Waals surface area (Å²) in [7, 11) is 0. The highest BCUT2D eigenvalue weighted by Gasteiger charge is 2.10. The molecule has 0 atom stereocenters. The molecular weight excluding hydrogens is 252 g/mol. The zero-order valence-corrected chi connectivity index (χ0v) is 10.6. The molecule has 0 bridgehead atoms. The lowest BCUT2D eigenvalue weighted by Crippen LogP contribution is -2.09. The number of aromatic hydroxyl groups is 1. The third-order valence-corrected chi connectivity index (χ3v) is 3.11. The second-order valence-electron chi connectivity index (χ2n) is 4.37. The third-order valence-electron chi connectivity index (χ3n) is 3.11. The number of hydrogen-bond donors (Lipinski definition) is 2. The number of aromatic nitrogens is 2. The summed E-state index contributed by atoms with van der Waals surface area (Å²) in [6.07, 6.45) is 1.18. The molecule has 20 heavy (non-hydrogen) atoms. The summed E-state index contributed by atoms with van der Waals surface area (Å²) >= 11 is 0. The van der Waals surface area contributed by atoms with Gasteiger partial charge in [-0.05, 0) is 16.7 Å². The van der Waals surface area contributed by atoms with Crippen molar-refractivity contribution in [3.05, 3.63) is 71.3 Å². The van der Waals surface area contributed by atoms with E-state index in [4.69, 9.17) is 0 Å². The summed E-state index contributed by atoms with van der Waals surface area (Å²) in [5.74, 6) is -0.263. The molecule has 2 N–H and O–H groups in total. The van der Waals surface area contributed by atoms with Gasteiger partial charge in [-0.3, -0.25) is 4.79 Å². The van der Waals surface area contributed by atoms with Crippen molar-refractivity contribution in [1.29, 1.82) is 0 Å². The van der Waals surface area contributed by atoms with E-state index in [9.17, 15) is 9.90 Å². The van der Waals surface area contributed by atoms with Gasteiger partial charge in [0, 0.05) is 0 Å². The molecule has 0 aliphatic heterocycles. The summed E-state index contributed by atoms with van der Waals surface area (Å²) < 4.78 is 0. The molecule has 0 aliphatic carbocycles. The van der Waals surface area contributed by atoms with Crippen LogP contribution < -0.4 is 5.56 Å². The first kappa shape index (κ1) is 12.2. The predicted molar refractivity (Wildman–Crippen MR) is 77.4 cm³/mol. The maximum absolute atomic E-state index is 11.7. The molecule has 2 aromatic carbocycles. The number of hydrogen-bond acceptors (Lipinski definition) is 3. The molecule has 3 rings (SSSR count). The van der Waals surface area contributed by atoms with Gasteiger partial charge in [0.1, 0.15) is 5.56 Å². The SMILES string of the molecule is O=c1[nH]cnc(O)c1-c1ccc(-c2ccccc2)cc1. The highest BCUT2D eigenvalue weighted by atomic mass is 16.3. The number of rotatable bonds is 2. The van der Waals surface area contributed by atoms with Crippen molar-refractivity contribution in [2.75, 3.05) is 0 Å². The lowest BCUT2D eigenvalue weighted by atomic mass is 10.0. The van der Waals surface area contributed by atoms with Crippen LogP contribution in [0.15, 0.2) is 65.7 Å². The van der Waals surface area contributed by atoms with Crippen molar-refractivity contribution in [3.63, 3.8) is 0 Å². The van der Waals surface area contributed by atoms with E-state index in [2.05, 4.69) is 9.97 Å². The highest BCUT2D eigenvalue weighted by molar-refractivity contribution is 5.72. The molecule has 4 nitrogen and oxygen atoms in total. The molecule has 1 heterocycles. The number of nitrogens with one attached hydrogen (secondary N) is 1. The Morgan fingerprint density at radius 2 is 1.45 bits per heavy atom. The maximum atomic E-state index is 11.7. The quantitative estimate of drug-likeness (QED) is 0.748. The van der Waals surface area contributed by atoms with E-state index in [1.165, 1.54) is 6.33 Å². The van der Waals surface area contributed by atoms with E-state index >= 15 is 0 Å². The molecule has 3 aromatic rings. The van der Waals surface area contributed by atoms with Gasteiger partial charge >= 0.3 is 0 Å². The van der Waals surface area contributed by atoms with Gasteiger partial charge in [-0.15, -0.1) is 0 Å². The Morgan fingerprint density at radius 3 is 2.10 bits per heavy atom. The Bertz CT molecular complexity index is 778. The topological polar surface area (TPSA) is 66.0 Å². The number of benzene rings is 2. The molecule has 0 aliphatic rings. The van der Waals surface area contributed by atoms with Crippen molar-refractivity contribution in [3.8, 4) is 28.1 Å². The Kier molecular flexibility index (Phi) is 3.05. The lowest BCUT2D eigenvalue weighted by molar-refractivity contribution is 0.453. The van der Waals surface area contributed by atoms with Crippen molar-refractivity contribution in [1.82, 2.24) is 9.97 Å². The summed E-state index contributed by atoms with van der Waals surface area (Å²) in [5, 5.41) is 9.70. The molecule has 0 radical (unpaired) electrons. The molecule has 0 saturated carbocycles. The highest BCUT2D eigenvalue weighted by Crippen LogP contribution is 2.26. The molecule has 0 amide bonds. The second-order valence-corrected chi connectivity index (χ2v) is 4.37. The molecule has 1 aromatic heterocycles. The monoisotopic (exact) mass is 264 g/mol. The average molecular weight is 264 g/mol. The first-order valence-electron chi connectivity index (χ1n) is 6.18. The summed E-state index contributed by atoms with van der Waals surface area (Å²) in [6, 6.07) is 17.4. The summed E-state index contributed by atoms with van der Waals surface area (Å²) in [5.41, 5.74) is 2.62. The van der Waals surface area contributed by atoms with E-state index in [-0.39, 0.29) is 17.0 Å². The molecule has 0 saturated heterocycles. The van der Waals surface area contributed by atoms with Crippen LogP contribution in [0.1, 0.15) is 0 Å². The maximum Gasteiger partial charge on any atom is 0.262 e. The number of nitrogens with zero attached hydrogens (tertiary/aromatic N) is 1. The van der Waals surface area contributed by atoms with Crippen LogP contribution in [0.2, 0.25) is 0 Å². The minimum absolute atomic E-state index is 0.187. The van der Waals surface area contributed by atoms with Crippen molar-refractivity contribution < 1.29 is 5.11 Å². The van der Waals surface area contributed by atoms with E-state index in [1.807, 2.05) is 42.5 Å². The van der Waals surface area contributed by atoms with Crippen LogP contribution in [-0.4, -0.2) is 15.1 Å². The number of H-pyrrole nitrogens is 1. The van der Waals surface area contributed by atoms with E-state index in [1.54, 1.807) is 12.1 Å². The van der Waals surface area contributed by atoms with Crippen LogP contribution in [0.5, 0.6) is 5.88 Å². The van der Waals surface area contributed by atoms with Crippen LogP contribution in [0.4, 0.5) is 0 Å². The fourth-order valence-electron chi connectivity index (χ4n) is 2.11. The van der Waals surface area contributed by atoms with Gasteiger partial charge in [0.15, 0.2) is 0 Å². The molecular formula is C16H12N2O2. The predicted octanol–water partition coefficient (Wildman–Crippen LogP) is 2.81. The smallest absolute Gasteiger partial charge is 0.262 e. The third kappa shape index (κ3) is 2.19. The first-order valence-corrected chi connectivity index (χ1v) is 6.18. The zero-order valence-electron chi connectivity index (χ0n) is 10.6. The van der Waals surface area contributed by atoms with Gasteiger partial charge < -0.3 is 10.1 Å². The van der Waals surface area contributed by atoms with E-state index in [0.29, 0.717) is 5.56 Å². The molecule has 0 unspecified atom stereocenters. The fourth-order valence-corrected chi connectivity index (χ4v) is 2.11. The Morgan fingerprint density at radius 1 is 0.850 bits per heavy atom. The fraction of sp³-hybridized carbons (Fsp3) is 0. The van der Waals surface area contributed by atoms with Gasteiger partial charge in [0.2, 0.25) is 5.88 Å². The van der Waals surface area contributed by atoms with Crippen LogP contribution in [0.3, 0.4) is 0 Å². The lowest BCUT2D eigenvalue weighted by Gasteiger charge is -2.05. The Labute approximate surface area is 115 Å². The normalized spacial score (nSPS) is 10.4. The van der Waals surface area contributed by atoms with Gasteiger partial charge in [-0.25, -0.2) is 4.98 Å². The van der Waals surface area contributed by atoms with Crippen molar-refractivity contribution >= 4 is 0 Å². The molecule has 0 spiro atoms. The summed E-state index contributed by atoms with van der Waals surface area (Å²) in [4.78, 5) is 17.9. The van der Waals surface area contributed by atoms with Gasteiger partial charge in [-0.1, -0.05) is 54.6 Å². The molecule has 98 valence electrons. The van der Waals surface area contributed by atoms with Crippen molar-refractivity contribution in [2.45, 2.75) is 0 Å². The van der Waals surface area contributed by atoms with Gasteiger partial charge in [-0.2, -0.15) is 0 Å². The first-order chi connectivity index (χ1) is 9.75. The van der Waals surface area contributed by atoms with Crippen LogP contribution in [-0.2, 0) is 0 Å². The minimum atomic E-state index is -0.357. The Balaban J connectivity index is 2.04. The zero-order chi connectivity index (χ0) is 13.9. The Hall–Kier alpha value is -2.88. The van der Waals surface area contributed by atoms with Crippen LogP contribution in [0, 0.1) is 0 Å². The standard InChI is InChI=1S/C16H12N2O2/c19-15-14(16(20)18-10-17-15)13-8-6-12(7-9-13)11-4-2-1-3-5-11/h1-10H,(H2,17,18,19,20). The van der Waals surface area contributed by atoms with E-state index in [0.717, 1.165) is 11.1 Å². The molecule has 4 heteroatoms. The summed E-state index contributed by atoms with van der Waals surface area (Å²) in [6.45, 7) is 0. The second kappa shape index (κ2) is 5.01. The molecule has 0 fully saturated rings. The van der Waals surface area contributed by atoms with Crippen molar-refractivity contribution in [2.24, 2.45) is 0 Å². The van der Waals surface area contributed by atoms with Crippen LogP contribution in [0.25, 0.3) is 22.3 Å². The number of aromatic amines is 1. The average Bonchev–Trinajstić information content (AvgIpc) is 2.49. The van der Waals surface area contributed by atoms with Crippen LogP contribution >= 0.6 is 0 Å². The van der Waals surface area contributed by atoms with Gasteiger partial charge in [0.25, 0.3) is 5.56 Å². The minimum Gasteiger partial charge on any atom is -0.493 e. The van der Waals surface area contributed by atoms with Gasteiger partial charge in [0.05, 0.1) is 6.33 Å². The largest absolute Gasteiger partial charge is 0.493 e. The van der Waals surface area contributed by atoms with E-state index < -0.39 is 0 Å².